The minimum absolute atomic E-state index is 0.0196. The SMILES string of the molecule is Cc1cc(N(F)c2c(F)c(F)cc(F)c2F)n2nc(C(C)(F)F)nc2n1. The first-order valence-corrected chi connectivity index (χ1v) is 6.92. The van der Waals surface area contributed by atoms with E-state index in [1.807, 2.05) is 0 Å². The van der Waals surface area contributed by atoms with Crippen LogP contribution in [0, 0.1) is 30.2 Å². The lowest BCUT2D eigenvalue weighted by Gasteiger charge is -2.16. The zero-order valence-electron chi connectivity index (χ0n) is 13.0. The van der Waals surface area contributed by atoms with Gasteiger partial charge in [-0.3, -0.25) is 0 Å². The second-order valence-corrected chi connectivity index (χ2v) is 5.39. The molecule has 1 aromatic carbocycles. The van der Waals surface area contributed by atoms with Crippen molar-refractivity contribution in [1.82, 2.24) is 19.6 Å². The van der Waals surface area contributed by atoms with Gasteiger partial charge in [-0.1, -0.05) is 4.48 Å². The van der Waals surface area contributed by atoms with Gasteiger partial charge < -0.3 is 0 Å². The van der Waals surface area contributed by atoms with Crippen LogP contribution in [0.4, 0.5) is 42.3 Å². The Bertz CT molecular complexity index is 985. The van der Waals surface area contributed by atoms with Crippen LogP contribution in [0.5, 0.6) is 0 Å². The lowest BCUT2D eigenvalue weighted by atomic mass is 10.2. The molecular weight excluding hydrogens is 371 g/mol. The van der Waals surface area contributed by atoms with Gasteiger partial charge in [0.25, 0.3) is 5.78 Å². The number of fused-ring (bicyclic) bond motifs is 1. The molecule has 0 aliphatic carbocycles. The first kappa shape index (κ1) is 17.9. The van der Waals surface area contributed by atoms with E-state index in [9.17, 15) is 30.8 Å². The lowest BCUT2D eigenvalue weighted by Crippen LogP contribution is -2.16. The first-order chi connectivity index (χ1) is 12.0. The van der Waals surface area contributed by atoms with E-state index < -0.39 is 57.4 Å². The quantitative estimate of drug-likeness (QED) is 0.390. The van der Waals surface area contributed by atoms with Crippen molar-refractivity contribution in [3.8, 4) is 0 Å². The second kappa shape index (κ2) is 5.81. The van der Waals surface area contributed by atoms with Gasteiger partial charge >= 0.3 is 5.92 Å². The van der Waals surface area contributed by atoms with E-state index in [0.717, 1.165) is 6.07 Å². The summed E-state index contributed by atoms with van der Waals surface area (Å²) in [5.74, 6) is -13.6. The molecule has 3 rings (SSSR count). The molecule has 26 heavy (non-hydrogen) atoms. The van der Waals surface area contributed by atoms with Crippen molar-refractivity contribution in [2.24, 2.45) is 0 Å². The Labute approximate surface area is 140 Å². The third kappa shape index (κ3) is 2.80. The van der Waals surface area contributed by atoms with Crippen molar-refractivity contribution in [2.75, 3.05) is 5.12 Å². The molecule has 2 aromatic heterocycles. The fourth-order valence-corrected chi connectivity index (χ4v) is 2.14. The number of hydrogen-bond acceptors (Lipinski definition) is 4. The van der Waals surface area contributed by atoms with Crippen LogP contribution >= 0.6 is 0 Å². The van der Waals surface area contributed by atoms with Crippen molar-refractivity contribution < 1.29 is 30.8 Å². The molecule has 0 N–H and O–H groups in total. The maximum atomic E-state index is 14.7. The smallest absolute Gasteiger partial charge is 0.216 e. The van der Waals surface area contributed by atoms with Crippen LogP contribution in [0.25, 0.3) is 5.78 Å². The van der Waals surface area contributed by atoms with E-state index in [-0.39, 0.29) is 11.8 Å². The van der Waals surface area contributed by atoms with Crippen LogP contribution in [-0.4, -0.2) is 19.6 Å². The zero-order chi connectivity index (χ0) is 19.4. The molecule has 3 aromatic rings. The van der Waals surface area contributed by atoms with Gasteiger partial charge in [0.1, 0.15) is 0 Å². The van der Waals surface area contributed by atoms with Crippen LogP contribution in [0.15, 0.2) is 12.1 Å². The number of nitrogens with zero attached hydrogens (tertiary/aromatic N) is 5. The third-order valence-electron chi connectivity index (χ3n) is 3.30. The Hall–Kier alpha value is -2.92. The van der Waals surface area contributed by atoms with Crippen LogP contribution in [-0.2, 0) is 5.92 Å². The third-order valence-corrected chi connectivity index (χ3v) is 3.30. The van der Waals surface area contributed by atoms with Gasteiger partial charge in [0, 0.05) is 24.8 Å². The molecule has 5 nitrogen and oxygen atoms in total. The van der Waals surface area contributed by atoms with Gasteiger partial charge in [0.05, 0.1) is 0 Å². The maximum Gasteiger partial charge on any atom is 0.305 e. The molecule has 0 atom stereocenters. The Kier molecular flexibility index (Phi) is 4.00. The largest absolute Gasteiger partial charge is 0.305 e. The van der Waals surface area contributed by atoms with Gasteiger partial charge in [0.15, 0.2) is 34.8 Å². The van der Waals surface area contributed by atoms with Gasteiger partial charge in [-0.15, -0.1) is 5.10 Å². The van der Waals surface area contributed by atoms with Crippen LogP contribution in [0.2, 0.25) is 0 Å². The molecule has 0 unspecified atom stereocenters. The van der Waals surface area contributed by atoms with Gasteiger partial charge in [-0.2, -0.15) is 23.4 Å². The van der Waals surface area contributed by atoms with Gasteiger partial charge in [-0.25, -0.2) is 22.5 Å². The molecule has 0 bridgehead atoms. The first-order valence-electron chi connectivity index (χ1n) is 6.92. The molecule has 0 fully saturated rings. The highest BCUT2D eigenvalue weighted by Crippen LogP contribution is 2.34. The van der Waals surface area contributed by atoms with E-state index >= 15 is 0 Å². The molecule has 2 heterocycles. The summed E-state index contributed by atoms with van der Waals surface area (Å²) in [6.45, 7) is 1.79. The standard InChI is InChI=1S/C14H8F7N5/c1-5-3-8(26-13(22-5)23-12(24-26)14(2,19)20)25(21)11-9(17)6(15)4-7(16)10(11)18/h3-4H,1-2H3. The van der Waals surface area contributed by atoms with E-state index in [1.165, 1.54) is 6.92 Å². The average molecular weight is 379 g/mol. The lowest BCUT2D eigenvalue weighted by molar-refractivity contribution is 0.00798. The van der Waals surface area contributed by atoms with Gasteiger partial charge in [-0.05, 0) is 6.92 Å². The maximum absolute atomic E-state index is 14.7. The number of benzene rings is 1. The second-order valence-electron chi connectivity index (χ2n) is 5.39. The normalized spacial score (nSPS) is 12.0. The number of rotatable bonds is 3. The van der Waals surface area contributed by atoms with Crippen LogP contribution in [0.3, 0.4) is 0 Å². The van der Waals surface area contributed by atoms with Crippen molar-refractivity contribution in [3.05, 3.63) is 46.9 Å². The summed E-state index contributed by atoms with van der Waals surface area (Å²) in [5, 5.41) is 2.60. The number of aromatic nitrogens is 4. The number of aryl methyl sites for hydroxylation is 1. The zero-order valence-corrected chi connectivity index (χ0v) is 13.0. The molecule has 0 saturated heterocycles. The minimum Gasteiger partial charge on any atom is -0.216 e. The predicted octanol–water partition coefficient (Wildman–Crippen LogP) is 4.12. The molecule has 0 spiro atoms. The summed E-state index contributed by atoms with van der Waals surface area (Å²) in [6, 6.07) is 0.779. The average Bonchev–Trinajstić information content (AvgIpc) is 2.96. The molecule has 0 saturated carbocycles. The molecule has 0 aliphatic heterocycles. The summed E-state index contributed by atoms with van der Waals surface area (Å²) in [5.41, 5.74) is -1.69. The Morgan fingerprint density at radius 3 is 2.12 bits per heavy atom. The van der Waals surface area contributed by atoms with E-state index in [1.54, 1.807) is 0 Å². The summed E-state index contributed by atoms with van der Waals surface area (Å²) in [4.78, 5) is 7.18. The topological polar surface area (TPSA) is 46.3 Å². The summed E-state index contributed by atoms with van der Waals surface area (Å²) in [7, 11) is 0. The van der Waals surface area contributed by atoms with Gasteiger partial charge in [0.2, 0.25) is 5.82 Å². The fraction of sp³-hybridized carbons (Fsp3) is 0.214. The summed E-state index contributed by atoms with van der Waals surface area (Å²) in [6.07, 6.45) is 0. The number of anilines is 2. The molecule has 138 valence electrons. The van der Waals surface area contributed by atoms with E-state index in [4.69, 9.17) is 0 Å². The number of halogens is 7. The highest BCUT2D eigenvalue weighted by molar-refractivity contribution is 5.61. The van der Waals surface area contributed by atoms with Crippen LogP contribution < -0.4 is 5.12 Å². The number of alkyl halides is 2. The number of hydrogen-bond donors (Lipinski definition) is 0. The van der Waals surface area contributed by atoms with Crippen molar-refractivity contribution in [2.45, 2.75) is 19.8 Å². The van der Waals surface area contributed by atoms with Crippen molar-refractivity contribution in [1.29, 1.82) is 0 Å². The molecule has 0 amide bonds. The van der Waals surface area contributed by atoms with Crippen LogP contribution in [0.1, 0.15) is 18.4 Å². The summed E-state index contributed by atoms with van der Waals surface area (Å²) < 4.78 is 96.2. The fourth-order valence-electron chi connectivity index (χ4n) is 2.14. The van der Waals surface area contributed by atoms with Crippen molar-refractivity contribution in [3.63, 3.8) is 0 Å². The molecule has 0 radical (unpaired) electrons. The molecule has 12 heteroatoms. The minimum atomic E-state index is -3.51. The monoisotopic (exact) mass is 379 g/mol. The highest BCUT2D eigenvalue weighted by atomic mass is 19.3. The molecular formula is C14H8F7N5. The Balaban J connectivity index is 2.27. The Morgan fingerprint density at radius 1 is 1.00 bits per heavy atom. The predicted molar refractivity (Wildman–Crippen MR) is 74.6 cm³/mol. The highest BCUT2D eigenvalue weighted by Gasteiger charge is 2.33. The van der Waals surface area contributed by atoms with E-state index in [2.05, 4.69) is 15.1 Å². The van der Waals surface area contributed by atoms with Crippen molar-refractivity contribution >= 4 is 17.3 Å². The molecule has 0 aliphatic rings. The Morgan fingerprint density at radius 2 is 1.58 bits per heavy atom. The summed E-state index contributed by atoms with van der Waals surface area (Å²) >= 11 is 0. The van der Waals surface area contributed by atoms with E-state index in [0.29, 0.717) is 11.4 Å².